The van der Waals surface area contributed by atoms with Gasteiger partial charge in [-0.1, -0.05) is 45.4 Å². The summed E-state index contributed by atoms with van der Waals surface area (Å²) in [5.74, 6) is 1.85. The van der Waals surface area contributed by atoms with Crippen LogP contribution in [-0.4, -0.2) is 106 Å². The van der Waals surface area contributed by atoms with Crippen molar-refractivity contribution in [3.8, 4) is 28.1 Å². The van der Waals surface area contributed by atoms with E-state index in [0.717, 1.165) is 99.9 Å². The number of carbonyl (C=O) groups is 4. The van der Waals surface area contributed by atoms with Crippen LogP contribution >= 0.6 is 0 Å². The van der Waals surface area contributed by atoms with Crippen molar-refractivity contribution in [3.63, 3.8) is 0 Å². The van der Waals surface area contributed by atoms with Crippen LogP contribution in [0.2, 0.25) is 0 Å². The summed E-state index contributed by atoms with van der Waals surface area (Å²) < 4.78 is 21.8. The Labute approximate surface area is 372 Å². The minimum Gasteiger partial charge on any atom is -0.488 e. The Morgan fingerprint density at radius 1 is 0.875 bits per heavy atom. The molecule has 338 valence electrons. The number of aromatic nitrogens is 4. The lowest BCUT2D eigenvalue weighted by Gasteiger charge is -2.36. The molecule has 2 aromatic heterocycles. The highest BCUT2D eigenvalue weighted by Crippen LogP contribution is 2.44. The summed E-state index contributed by atoms with van der Waals surface area (Å²) in [6, 6.07) is 12.8. The lowest BCUT2D eigenvalue weighted by Crippen LogP contribution is -2.54. The molecule has 5 aromatic rings. The first-order valence-electron chi connectivity index (χ1n) is 22.8. The van der Waals surface area contributed by atoms with E-state index in [1.54, 1.807) is 0 Å². The highest BCUT2D eigenvalue weighted by atomic mass is 16.5. The summed E-state index contributed by atoms with van der Waals surface area (Å²) in [5, 5.41) is 7.61. The van der Waals surface area contributed by atoms with Crippen molar-refractivity contribution < 1.29 is 38.1 Å². The predicted octanol–water partition coefficient (Wildman–Crippen LogP) is 7.69. The maximum Gasteiger partial charge on any atom is 0.407 e. The molecule has 3 saturated heterocycles. The second-order valence-corrected chi connectivity index (χ2v) is 17.6. The quantitative estimate of drug-likeness (QED) is 0.102. The number of benzene rings is 3. The number of methoxy groups -OCH3 is 2. The van der Waals surface area contributed by atoms with Gasteiger partial charge in [0.1, 0.15) is 36.1 Å². The number of amides is 4. The van der Waals surface area contributed by atoms with Crippen LogP contribution in [0.15, 0.2) is 48.7 Å². The fraction of sp³-hybridized carbons (Fsp3) is 0.500. The number of aromatic amines is 2. The van der Waals surface area contributed by atoms with E-state index in [2.05, 4.69) is 63.9 Å². The van der Waals surface area contributed by atoms with Crippen LogP contribution in [-0.2, 0) is 30.4 Å². The van der Waals surface area contributed by atoms with Crippen molar-refractivity contribution in [2.45, 2.75) is 109 Å². The summed E-state index contributed by atoms with van der Waals surface area (Å²) in [5.41, 5.74) is 6.62. The first-order chi connectivity index (χ1) is 31.1. The topological polar surface area (TPSA) is 193 Å². The van der Waals surface area contributed by atoms with Crippen molar-refractivity contribution in [3.05, 3.63) is 65.9 Å². The van der Waals surface area contributed by atoms with Crippen LogP contribution in [0.3, 0.4) is 0 Å². The largest absolute Gasteiger partial charge is 0.488 e. The van der Waals surface area contributed by atoms with Gasteiger partial charge in [-0.25, -0.2) is 19.6 Å². The second kappa shape index (κ2) is 18.1. The first kappa shape index (κ1) is 43.1. The summed E-state index contributed by atoms with van der Waals surface area (Å²) in [6.07, 6.45) is 6.66. The number of ether oxygens (including phenoxy) is 4. The molecule has 0 aliphatic carbocycles. The van der Waals surface area contributed by atoms with Gasteiger partial charge >= 0.3 is 12.2 Å². The Morgan fingerprint density at radius 3 is 2.44 bits per heavy atom. The van der Waals surface area contributed by atoms with Gasteiger partial charge < -0.3 is 49.3 Å². The van der Waals surface area contributed by atoms with E-state index in [0.29, 0.717) is 45.0 Å². The SMILES string of the molecule is CC[C@H]1CC[C@@H](c2nc3c(ccc4cc5c(cc43)OCc3cc(-c4cnc([C@@H]6CCCN6C(=O)[C@@H](NC(=O)OC)[C@@H](C)CC)[nH]4)ccc3-5)[nH]2)N1C(=O)[C@@H](NC(=O)OC)C1CCOCC1. The monoisotopic (exact) mass is 874 g/mol. The summed E-state index contributed by atoms with van der Waals surface area (Å²) in [7, 11) is 2.62. The van der Waals surface area contributed by atoms with E-state index < -0.39 is 24.3 Å². The van der Waals surface area contributed by atoms with Gasteiger partial charge in [0, 0.05) is 36.8 Å². The van der Waals surface area contributed by atoms with Crippen LogP contribution in [0.1, 0.15) is 101 Å². The molecule has 4 aliphatic heterocycles. The van der Waals surface area contributed by atoms with E-state index in [1.165, 1.54) is 14.2 Å². The van der Waals surface area contributed by atoms with E-state index in [9.17, 15) is 19.2 Å². The van der Waals surface area contributed by atoms with Crippen LogP contribution in [0.25, 0.3) is 44.2 Å². The molecular formula is C48H58N8O8. The average molecular weight is 875 g/mol. The predicted molar refractivity (Wildman–Crippen MR) is 239 cm³/mol. The number of carbonyl (C=O) groups excluding carboxylic acids is 4. The average Bonchev–Trinajstić information content (AvgIpc) is 4.17. The van der Waals surface area contributed by atoms with Gasteiger partial charge in [0.2, 0.25) is 11.8 Å². The fourth-order valence-electron chi connectivity index (χ4n) is 10.3. The zero-order valence-electron chi connectivity index (χ0n) is 37.2. The minimum atomic E-state index is -0.720. The number of hydrogen-bond donors (Lipinski definition) is 4. The van der Waals surface area contributed by atoms with Crippen molar-refractivity contribution in [2.75, 3.05) is 34.0 Å². The molecular weight excluding hydrogens is 817 g/mol. The molecule has 6 heterocycles. The zero-order valence-corrected chi connectivity index (χ0v) is 37.2. The van der Waals surface area contributed by atoms with Crippen molar-refractivity contribution >= 4 is 45.8 Å². The van der Waals surface area contributed by atoms with Crippen LogP contribution in [0.4, 0.5) is 9.59 Å². The third-order valence-corrected chi connectivity index (χ3v) is 14.1. The standard InChI is InChI=1S/C48H58N8O8/c1-6-26(3)40(53-47(59)61-4)45(57)55-18-8-9-37(55)43-49-24-36(51-43)29-10-13-32-30(21-29)25-64-39-23-33-28(22-34(32)39)11-14-35-42(33)52-44(50-35)38-15-12-31(7-2)56(38)46(58)41(54-48(60)62-5)27-16-19-63-20-17-27/h10-11,13-14,21-24,26-27,31,37-38,40-41H,6-9,12,15-20,25H2,1-5H3,(H,49,51)(H,50,52)(H,53,59)(H,54,60)/t26-,31-,37-,38-,40-,41-/m0/s1. The number of nitrogens with zero attached hydrogens (tertiary/aromatic N) is 4. The molecule has 0 radical (unpaired) electrons. The normalized spacial score (nSPS) is 21.2. The molecule has 0 saturated carbocycles. The molecule has 16 nitrogen and oxygen atoms in total. The lowest BCUT2D eigenvalue weighted by atomic mass is 9.90. The van der Waals surface area contributed by atoms with E-state index in [-0.39, 0.29) is 41.8 Å². The van der Waals surface area contributed by atoms with Gasteiger partial charge in [-0.15, -0.1) is 0 Å². The Hall–Kier alpha value is -6.16. The molecule has 4 N–H and O–H groups in total. The third kappa shape index (κ3) is 8.01. The lowest BCUT2D eigenvalue weighted by molar-refractivity contribution is -0.139. The summed E-state index contributed by atoms with van der Waals surface area (Å²) >= 11 is 0. The number of fused-ring (bicyclic) bond motifs is 6. The van der Waals surface area contributed by atoms with Gasteiger partial charge in [0.15, 0.2) is 0 Å². The van der Waals surface area contributed by atoms with Crippen molar-refractivity contribution in [2.24, 2.45) is 11.8 Å². The van der Waals surface area contributed by atoms with Crippen LogP contribution < -0.4 is 15.4 Å². The number of alkyl carbamates (subject to hydrolysis) is 2. The number of imidazole rings is 2. The van der Waals surface area contributed by atoms with E-state index in [1.807, 2.05) is 35.9 Å². The molecule has 0 bridgehead atoms. The molecule has 4 amide bonds. The van der Waals surface area contributed by atoms with Crippen LogP contribution in [0, 0.1) is 11.8 Å². The van der Waals surface area contributed by atoms with Crippen LogP contribution in [0.5, 0.6) is 5.75 Å². The number of rotatable bonds is 11. The Balaban J connectivity index is 0.964. The molecule has 3 aromatic carbocycles. The molecule has 3 fully saturated rings. The Kier molecular flexibility index (Phi) is 12.2. The van der Waals surface area contributed by atoms with Gasteiger partial charge in [0.05, 0.1) is 49.2 Å². The summed E-state index contributed by atoms with van der Waals surface area (Å²) in [6.45, 7) is 8.11. The van der Waals surface area contributed by atoms with Gasteiger partial charge in [-0.3, -0.25) is 9.59 Å². The Bertz CT molecular complexity index is 2560. The first-order valence-corrected chi connectivity index (χ1v) is 22.8. The molecule has 9 rings (SSSR count). The molecule has 0 unspecified atom stereocenters. The highest BCUT2D eigenvalue weighted by molar-refractivity contribution is 6.07. The fourth-order valence-corrected chi connectivity index (χ4v) is 10.3. The van der Waals surface area contributed by atoms with Gasteiger partial charge in [-0.2, -0.15) is 0 Å². The zero-order chi connectivity index (χ0) is 44.6. The molecule has 16 heteroatoms. The van der Waals surface area contributed by atoms with Gasteiger partial charge in [-0.05, 0) is 103 Å². The smallest absolute Gasteiger partial charge is 0.407 e. The second-order valence-electron chi connectivity index (χ2n) is 17.6. The number of hydrogen-bond acceptors (Lipinski definition) is 10. The maximum absolute atomic E-state index is 14.5. The molecule has 4 aliphatic rings. The number of nitrogens with one attached hydrogen (secondary N) is 4. The minimum absolute atomic E-state index is 0.0134. The van der Waals surface area contributed by atoms with E-state index >= 15 is 0 Å². The number of likely N-dealkylation sites (tertiary alicyclic amines) is 2. The molecule has 0 spiro atoms. The summed E-state index contributed by atoms with van der Waals surface area (Å²) in [4.78, 5) is 73.9. The van der Waals surface area contributed by atoms with Crippen molar-refractivity contribution in [1.82, 2.24) is 40.4 Å². The molecule has 64 heavy (non-hydrogen) atoms. The highest BCUT2D eigenvalue weighted by Gasteiger charge is 2.44. The number of H-pyrrole nitrogens is 2. The van der Waals surface area contributed by atoms with E-state index in [4.69, 9.17) is 28.9 Å². The molecule has 6 atom stereocenters. The van der Waals surface area contributed by atoms with Gasteiger partial charge in [0.25, 0.3) is 0 Å². The third-order valence-electron chi connectivity index (χ3n) is 14.1. The Morgan fingerprint density at radius 2 is 1.67 bits per heavy atom. The van der Waals surface area contributed by atoms with Crippen molar-refractivity contribution in [1.29, 1.82) is 0 Å². The maximum atomic E-state index is 14.5.